The van der Waals surface area contributed by atoms with Gasteiger partial charge in [0.1, 0.15) is 0 Å². The van der Waals surface area contributed by atoms with Crippen LogP contribution in [0.3, 0.4) is 0 Å². The Hall–Kier alpha value is -0.120. The highest BCUT2D eigenvalue weighted by Gasteiger charge is 2.46. The summed E-state index contributed by atoms with van der Waals surface area (Å²) in [5.74, 6) is 0.724. The summed E-state index contributed by atoms with van der Waals surface area (Å²) in [5, 5.41) is 3.79. The lowest BCUT2D eigenvalue weighted by Crippen LogP contribution is -2.64. The van der Waals surface area contributed by atoms with E-state index in [9.17, 15) is 0 Å². The van der Waals surface area contributed by atoms with E-state index in [1.807, 2.05) is 7.11 Å². The summed E-state index contributed by atoms with van der Waals surface area (Å²) in [6.07, 6.45) is 5.24. The SMILES string of the molecule is CCC1(C)CN(CC2(CCOC)CC2)C(C(C)C)CN1. The quantitative estimate of drug-likeness (QED) is 0.777. The maximum Gasteiger partial charge on any atom is 0.0468 e. The lowest BCUT2D eigenvalue weighted by atomic mass is 9.88. The lowest BCUT2D eigenvalue weighted by molar-refractivity contribution is 0.0371. The van der Waals surface area contributed by atoms with Gasteiger partial charge in [0, 0.05) is 44.9 Å². The Morgan fingerprint density at radius 1 is 1.35 bits per heavy atom. The van der Waals surface area contributed by atoms with Crippen LogP contribution in [0.2, 0.25) is 0 Å². The van der Waals surface area contributed by atoms with E-state index in [1.165, 1.54) is 38.8 Å². The van der Waals surface area contributed by atoms with Gasteiger partial charge in [-0.3, -0.25) is 4.90 Å². The zero-order valence-electron chi connectivity index (χ0n) is 14.2. The Bertz CT molecular complexity index is 314. The second-order valence-electron chi connectivity index (χ2n) is 7.75. The van der Waals surface area contributed by atoms with Crippen LogP contribution in [0.15, 0.2) is 0 Å². The van der Waals surface area contributed by atoms with E-state index >= 15 is 0 Å². The van der Waals surface area contributed by atoms with Crippen LogP contribution in [0.5, 0.6) is 0 Å². The summed E-state index contributed by atoms with van der Waals surface area (Å²) in [4.78, 5) is 2.79. The fraction of sp³-hybridized carbons (Fsp3) is 1.00. The fourth-order valence-electron chi connectivity index (χ4n) is 3.58. The number of piperazine rings is 1. The van der Waals surface area contributed by atoms with E-state index in [4.69, 9.17) is 4.74 Å². The minimum Gasteiger partial charge on any atom is -0.385 e. The molecule has 1 aliphatic heterocycles. The molecule has 2 fully saturated rings. The molecule has 1 aliphatic carbocycles. The normalized spacial score (nSPS) is 33.6. The van der Waals surface area contributed by atoms with Crippen LogP contribution in [0, 0.1) is 11.3 Å². The Balaban J connectivity index is 2.00. The molecule has 3 heteroatoms. The van der Waals surface area contributed by atoms with Crippen molar-refractivity contribution in [1.29, 1.82) is 0 Å². The van der Waals surface area contributed by atoms with Crippen LogP contribution < -0.4 is 5.32 Å². The highest BCUT2D eigenvalue weighted by Crippen LogP contribution is 2.50. The molecule has 0 amide bonds. The molecule has 0 spiro atoms. The summed E-state index contributed by atoms with van der Waals surface area (Å²) in [5.41, 5.74) is 0.859. The van der Waals surface area contributed by atoms with Gasteiger partial charge in [-0.25, -0.2) is 0 Å². The Labute approximate surface area is 125 Å². The van der Waals surface area contributed by atoms with Gasteiger partial charge in [0.2, 0.25) is 0 Å². The van der Waals surface area contributed by atoms with Crippen LogP contribution in [0.1, 0.15) is 53.4 Å². The molecule has 2 unspecified atom stereocenters. The predicted molar refractivity (Wildman–Crippen MR) is 85.1 cm³/mol. The number of ether oxygens (including phenoxy) is 1. The van der Waals surface area contributed by atoms with Crippen LogP contribution in [-0.2, 0) is 4.74 Å². The zero-order valence-corrected chi connectivity index (χ0v) is 14.2. The van der Waals surface area contributed by atoms with Gasteiger partial charge in [0.15, 0.2) is 0 Å². The Kier molecular flexibility index (Phi) is 5.14. The minimum atomic E-state index is 0.294. The molecule has 2 aliphatic rings. The molecule has 118 valence electrons. The molecule has 0 aromatic rings. The molecular weight excluding hydrogens is 248 g/mol. The first-order chi connectivity index (χ1) is 9.44. The standard InChI is InChI=1S/C17H34N2O/c1-6-16(4)12-19(15(11-18-16)14(2)3)13-17(7-8-17)9-10-20-5/h14-15,18H,6-13H2,1-5H3. The van der Waals surface area contributed by atoms with E-state index in [2.05, 4.69) is 37.9 Å². The largest absolute Gasteiger partial charge is 0.385 e. The Morgan fingerprint density at radius 2 is 2.05 bits per heavy atom. The molecule has 1 N–H and O–H groups in total. The third kappa shape index (κ3) is 3.75. The van der Waals surface area contributed by atoms with Crippen molar-refractivity contribution in [3.05, 3.63) is 0 Å². The first-order valence-corrected chi connectivity index (χ1v) is 8.42. The van der Waals surface area contributed by atoms with Crippen molar-refractivity contribution in [3.63, 3.8) is 0 Å². The summed E-state index contributed by atoms with van der Waals surface area (Å²) in [6, 6.07) is 0.689. The van der Waals surface area contributed by atoms with Crippen molar-refractivity contribution in [2.75, 3.05) is 33.4 Å². The third-order valence-electron chi connectivity index (χ3n) is 5.64. The number of nitrogens with zero attached hydrogens (tertiary/aromatic N) is 1. The second kappa shape index (κ2) is 6.33. The van der Waals surface area contributed by atoms with Crippen LogP contribution in [0.4, 0.5) is 0 Å². The van der Waals surface area contributed by atoms with Crippen molar-refractivity contribution in [2.24, 2.45) is 11.3 Å². The summed E-state index contributed by atoms with van der Waals surface area (Å²) in [7, 11) is 1.83. The van der Waals surface area contributed by atoms with E-state index in [0.29, 0.717) is 17.0 Å². The van der Waals surface area contributed by atoms with Crippen molar-refractivity contribution >= 4 is 0 Å². The number of methoxy groups -OCH3 is 1. The van der Waals surface area contributed by atoms with Gasteiger partial charge in [-0.15, -0.1) is 0 Å². The van der Waals surface area contributed by atoms with Crippen molar-refractivity contribution < 1.29 is 4.74 Å². The van der Waals surface area contributed by atoms with Crippen molar-refractivity contribution in [1.82, 2.24) is 10.2 Å². The van der Waals surface area contributed by atoms with Crippen molar-refractivity contribution in [2.45, 2.75) is 65.0 Å². The summed E-state index contributed by atoms with van der Waals surface area (Å²) >= 11 is 0. The van der Waals surface area contributed by atoms with Gasteiger partial charge in [-0.2, -0.15) is 0 Å². The molecule has 0 radical (unpaired) electrons. The molecule has 20 heavy (non-hydrogen) atoms. The monoisotopic (exact) mass is 282 g/mol. The maximum absolute atomic E-state index is 5.31. The molecule has 2 atom stereocenters. The van der Waals surface area contributed by atoms with Gasteiger partial charge in [0.05, 0.1) is 0 Å². The summed E-state index contributed by atoms with van der Waals surface area (Å²) in [6.45, 7) is 13.9. The molecule has 0 aromatic heterocycles. The average molecular weight is 282 g/mol. The molecule has 2 rings (SSSR count). The molecule has 3 nitrogen and oxygen atoms in total. The molecule has 1 saturated heterocycles. The molecule has 0 aromatic carbocycles. The minimum absolute atomic E-state index is 0.294. The van der Waals surface area contributed by atoms with Gasteiger partial charge >= 0.3 is 0 Å². The first kappa shape index (κ1) is 16.3. The third-order valence-corrected chi connectivity index (χ3v) is 5.64. The Morgan fingerprint density at radius 3 is 2.55 bits per heavy atom. The van der Waals surface area contributed by atoms with Crippen LogP contribution in [-0.4, -0.2) is 49.8 Å². The smallest absolute Gasteiger partial charge is 0.0468 e. The van der Waals surface area contributed by atoms with Gasteiger partial charge in [-0.05, 0) is 43.9 Å². The second-order valence-corrected chi connectivity index (χ2v) is 7.75. The maximum atomic E-state index is 5.31. The van der Waals surface area contributed by atoms with Crippen molar-refractivity contribution in [3.8, 4) is 0 Å². The number of nitrogens with one attached hydrogen (secondary N) is 1. The average Bonchev–Trinajstić information content (AvgIpc) is 3.16. The summed E-state index contributed by atoms with van der Waals surface area (Å²) < 4.78 is 5.31. The van der Waals surface area contributed by atoms with Crippen LogP contribution >= 0.6 is 0 Å². The van der Waals surface area contributed by atoms with E-state index in [0.717, 1.165) is 19.1 Å². The van der Waals surface area contributed by atoms with E-state index in [-0.39, 0.29) is 0 Å². The molecular formula is C17H34N2O. The highest BCUT2D eigenvalue weighted by molar-refractivity contribution is 5.01. The zero-order chi connectivity index (χ0) is 14.8. The predicted octanol–water partition coefficient (Wildman–Crippen LogP) is 2.90. The van der Waals surface area contributed by atoms with Gasteiger partial charge in [0.25, 0.3) is 0 Å². The van der Waals surface area contributed by atoms with Crippen LogP contribution in [0.25, 0.3) is 0 Å². The lowest BCUT2D eigenvalue weighted by Gasteiger charge is -2.48. The van der Waals surface area contributed by atoms with Gasteiger partial charge < -0.3 is 10.1 Å². The van der Waals surface area contributed by atoms with E-state index < -0.39 is 0 Å². The number of hydrogen-bond donors (Lipinski definition) is 1. The highest BCUT2D eigenvalue weighted by atomic mass is 16.5. The first-order valence-electron chi connectivity index (χ1n) is 8.42. The topological polar surface area (TPSA) is 24.5 Å². The fourth-order valence-corrected chi connectivity index (χ4v) is 3.58. The molecule has 1 heterocycles. The number of rotatable bonds is 7. The van der Waals surface area contributed by atoms with E-state index in [1.54, 1.807) is 0 Å². The molecule has 0 bridgehead atoms. The number of hydrogen-bond acceptors (Lipinski definition) is 3. The molecule has 1 saturated carbocycles. The van der Waals surface area contributed by atoms with Gasteiger partial charge in [-0.1, -0.05) is 20.8 Å².